The third-order valence-electron chi connectivity index (χ3n) is 2.02. The van der Waals surface area contributed by atoms with Crippen LogP contribution < -0.4 is 0 Å². The fourth-order valence-corrected chi connectivity index (χ4v) is 1.33. The summed E-state index contributed by atoms with van der Waals surface area (Å²) in [5.41, 5.74) is 0. The molecule has 3 nitrogen and oxygen atoms in total. The number of ether oxygens (including phenoxy) is 2. The SMILES string of the molecule is C#C[C@H](O)CC[C@@H]1COC(C)(C)O1. The summed E-state index contributed by atoms with van der Waals surface area (Å²) >= 11 is 0. The molecule has 3 heteroatoms. The van der Waals surface area contributed by atoms with E-state index in [2.05, 4.69) is 5.92 Å². The van der Waals surface area contributed by atoms with Crippen LogP contribution in [0.15, 0.2) is 0 Å². The highest BCUT2D eigenvalue weighted by Gasteiger charge is 2.32. The van der Waals surface area contributed by atoms with Crippen molar-refractivity contribution in [3.8, 4) is 12.3 Å². The molecule has 1 aliphatic rings. The standard InChI is InChI=1S/C10H16O3/c1-4-8(11)5-6-9-7-12-10(2,3)13-9/h1,8-9,11H,5-7H2,2-3H3/t8-,9+/m0/s1. The lowest BCUT2D eigenvalue weighted by atomic mass is 10.1. The molecule has 0 aromatic rings. The Morgan fingerprint density at radius 2 is 2.38 bits per heavy atom. The molecular formula is C10H16O3. The Balaban J connectivity index is 2.22. The molecule has 0 amide bonds. The van der Waals surface area contributed by atoms with Gasteiger partial charge in [0.25, 0.3) is 0 Å². The molecule has 1 saturated heterocycles. The van der Waals surface area contributed by atoms with E-state index >= 15 is 0 Å². The molecule has 2 atom stereocenters. The first-order valence-corrected chi connectivity index (χ1v) is 4.49. The van der Waals surface area contributed by atoms with Gasteiger partial charge in [-0.25, -0.2) is 0 Å². The Bertz CT molecular complexity index is 205. The molecule has 0 radical (unpaired) electrons. The second-order valence-electron chi connectivity index (χ2n) is 3.71. The number of aliphatic hydroxyl groups excluding tert-OH is 1. The van der Waals surface area contributed by atoms with Crippen molar-refractivity contribution < 1.29 is 14.6 Å². The van der Waals surface area contributed by atoms with Gasteiger partial charge in [-0.1, -0.05) is 5.92 Å². The minimum atomic E-state index is -0.660. The van der Waals surface area contributed by atoms with Gasteiger partial charge in [0.1, 0.15) is 6.10 Å². The molecule has 0 bridgehead atoms. The fourth-order valence-electron chi connectivity index (χ4n) is 1.33. The maximum absolute atomic E-state index is 9.12. The second kappa shape index (κ2) is 4.10. The molecule has 0 aromatic heterocycles. The van der Waals surface area contributed by atoms with Crippen LogP contribution in [0, 0.1) is 12.3 Å². The number of rotatable bonds is 3. The first-order valence-electron chi connectivity index (χ1n) is 4.49. The Kier molecular flexibility index (Phi) is 3.32. The zero-order chi connectivity index (χ0) is 9.90. The lowest BCUT2D eigenvalue weighted by Gasteiger charge is -2.17. The average Bonchev–Trinajstić information content (AvgIpc) is 2.41. The predicted octanol–water partition coefficient (Wildman–Crippen LogP) is 0.912. The average molecular weight is 184 g/mol. The van der Waals surface area contributed by atoms with E-state index in [4.69, 9.17) is 21.0 Å². The molecule has 0 aliphatic carbocycles. The molecule has 13 heavy (non-hydrogen) atoms. The number of terminal acetylenes is 1. The van der Waals surface area contributed by atoms with E-state index in [0.717, 1.165) is 6.42 Å². The Morgan fingerprint density at radius 3 is 2.85 bits per heavy atom. The minimum absolute atomic E-state index is 0.0676. The maximum Gasteiger partial charge on any atom is 0.163 e. The van der Waals surface area contributed by atoms with Crippen molar-refractivity contribution >= 4 is 0 Å². The van der Waals surface area contributed by atoms with E-state index in [1.165, 1.54) is 0 Å². The normalized spacial score (nSPS) is 28.3. The molecule has 0 unspecified atom stereocenters. The van der Waals surface area contributed by atoms with E-state index in [-0.39, 0.29) is 6.10 Å². The quantitative estimate of drug-likeness (QED) is 0.663. The molecule has 1 aliphatic heterocycles. The molecular weight excluding hydrogens is 168 g/mol. The van der Waals surface area contributed by atoms with Crippen LogP contribution in [0.4, 0.5) is 0 Å². The maximum atomic E-state index is 9.12. The summed E-state index contributed by atoms with van der Waals surface area (Å²) in [6.45, 7) is 4.35. The fraction of sp³-hybridized carbons (Fsp3) is 0.800. The first-order chi connectivity index (χ1) is 6.03. The van der Waals surface area contributed by atoms with Gasteiger partial charge in [-0.05, 0) is 26.7 Å². The smallest absolute Gasteiger partial charge is 0.163 e. The first kappa shape index (κ1) is 10.5. The highest BCUT2D eigenvalue weighted by molar-refractivity contribution is 4.93. The largest absolute Gasteiger partial charge is 0.380 e. The zero-order valence-corrected chi connectivity index (χ0v) is 8.12. The Hall–Kier alpha value is -0.560. The molecule has 0 aromatic carbocycles. The van der Waals surface area contributed by atoms with Crippen molar-refractivity contribution in [2.75, 3.05) is 6.61 Å². The monoisotopic (exact) mass is 184 g/mol. The van der Waals surface area contributed by atoms with Gasteiger partial charge in [-0.2, -0.15) is 0 Å². The van der Waals surface area contributed by atoms with Gasteiger partial charge in [0.2, 0.25) is 0 Å². The summed E-state index contributed by atoms with van der Waals surface area (Å²) < 4.78 is 10.9. The zero-order valence-electron chi connectivity index (χ0n) is 8.12. The third kappa shape index (κ3) is 3.35. The summed E-state index contributed by atoms with van der Waals surface area (Å²) in [7, 11) is 0. The lowest BCUT2D eigenvalue weighted by molar-refractivity contribution is -0.139. The summed E-state index contributed by atoms with van der Waals surface area (Å²) in [4.78, 5) is 0. The summed E-state index contributed by atoms with van der Waals surface area (Å²) in [6.07, 6.45) is 5.76. The minimum Gasteiger partial charge on any atom is -0.380 e. The van der Waals surface area contributed by atoms with E-state index < -0.39 is 11.9 Å². The van der Waals surface area contributed by atoms with E-state index in [1.54, 1.807) is 0 Å². The molecule has 1 N–H and O–H groups in total. The van der Waals surface area contributed by atoms with Crippen LogP contribution in [0.25, 0.3) is 0 Å². The summed E-state index contributed by atoms with van der Waals surface area (Å²) in [5, 5.41) is 9.12. The van der Waals surface area contributed by atoms with Gasteiger partial charge >= 0.3 is 0 Å². The molecule has 1 heterocycles. The van der Waals surface area contributed by atoms with Crippen molar-refractivity contribution in [2.24, 2.45) is 0 Å². The molecule has 1 rings (SSSR count). The van der Waals surface area contributed by atoms with Gasteiger partial charge < -0.3 is 14.6 Å². The van der Waals surface area contributed by atoms with Crippen molar-refractivity contribution in [3.05, 3.63) is 0 Å². The molecule has 0 saturated carbocycles. The van der Waals surface area contributed by atoms with Crippen LogP contribution in [0.1, 0.15) is 26.7 Å². The summed E-state index contributed by atoms with van der Waals surface area (Å²) in [6, 6.07) is 0. The van der Waals surface area contributed by atoms with Gasteiger partial charge in [0, 0.05) is 0 Å². The molecule has 74 valence electrons. The van der Waals surface area contributed by atoms with Gasteiger partial charge in [-0.15, -0.1) is 6.42 Å². The van der Waals surface area contributed by atoms with Gasteiger partial charge in [0.15, 0.2) is 5.79 Å². The molecule has 1 fully saturated rings. The molecule has 0 spiro atoms. The number of hydrogen-bond acceptors (Lipinski definition) is 3. The van der Waals surface area contributed by atoms with Gasteiger partial charge in [0.05, 0.1) is 12.7 Å². The van der Waals surface area contributed by atoms with Crippen LogP contribution in [0.5, 0.6) is 0 Å². The van der Waals surface area contributed by atoms with Crippen LogP contribution in [0.3, 0.4) is 0 Å². The second-order valence-corrected chi connectivity index (χ2v) is 3.71. The van der Waals surface area contributed by atoms with Crippen LogP contribution in [-0.4, -0.2) is 29.7 Å². The van der Waals surface area contributed by atoms with Crippen molar-refractivity contribution in [1.29, 1.82) is 0 Å². The highest BCUT2D eigenvalue weighted by atomic mass is 16.7. The van der Waals surface area contributed by atoms with Crippen molar-refractivity contribution in [2.45, 2.75) is 44.7 Å². The van der Waals surface area contributed by atoms with E-state index in [1.807, 2.05) is 13.8 Å². The summed E-state index contributed by atoms with van der Waals surface area (Å²) in [5.74, 6) is 1.79. The lowest BCUT2D eigenvalue weighted by Crippen LogP contribution is -2.22. The van der Waals surface area contributed by atoms with E-state index in [0.29, 0.717) is 13.0 Å². The van der Waals surface area contributed by atoms with Gasteiger partial charge in [-0.3, -0.25) is 0 Å². The van der Waals surface area contributed by atoms with E-state index in [9.17, 15) is 0 Å². The van der Waals surface area contributed by atoms with Crippen molar-refractivity contribution in [3.63, 3.8) is 0 Å². The predicted molar refractivity (Wildman–Crippen MR) is 49.0 cm³/mol. The number of aliphatic hydroxyl groups is 1. The number of hydrogen-bond donors (Lipinski definition) is 1. The van der Waals surface area contributed by atoms with Crippen LogP contribution in [-0.2, 0) is 9.47 Å². The van der Waals surface area contributed by atoms with Crippen LogP contribution in [0.2, 0.25) is 0 Å². The highest BCUT2D eigenvalue weighted by Crippen LogP contribution is 2.24. The topological polar surface area (TPSA) is 38.7 Å². The van der Waals surface area contributed by atoms with Crippen LogP contribution >= 0.6 is 0 Å². The van der Waals surface area contributed by atoms with Crippen molar-refractivity contribution in [1.82, 2.24) is 0 Å². The Morgan fingerprint density at radius 1 is 1.69 bits per heavy atom. The Labute approximate surface area is 79.0 Å². The third-order valence-corrected chi connectivity index (χ3v) is 2.02.